The fourth-order valence-corrected chi connectivity index (χ4v) is 7.13. The Hall–Kier alpha value is -7.72. The number of nitrogens with zero attached hydrogens (tertiary/aromatic N) is 4. The highest BCUT2D eigenvalue weighted by atomic mass is 16.6. The standard InChI is InChI=1S/C44H28N6O4/c51-49(52)31-15-11-29(12-16-31)43-37-23-21-35(46-37)41(27-7-3-1-4-8-27)33-19-20-34(45-33)42(28-9-5-2-6-10-28)36-22-24-38(47-36)44(40-26-25-39(43)48-40)30-13-17-32(18-14-30)50(53)54/h1-26,45,48H. The van der Waals surface area contributed by atoms with Gasteiger partial charge < -0.3 is 9.97 Å². The largest absolute Gasteiger partial charge is 0.354 e. The van der Waals surface area contributed by atoms with Gasteiger partial charge >= 0.3 is 0 Å². The summed E-state index contributed by atoms with van der Waals surface area (Å²) in [5.74, 6) is 0. The molecule has 9 rings (SSSR count). The molecule has 0 fully saturated rings. The number of benzene rings is 4. The van der Waals surface area contributed by atoms with Crippen molar-refractivity contribution in [1.29, 1.82) is 0 Å². The fraction of sp³-hybridized carbons (Fsp3) is 0. The van der Waals surface area contributed by atoms with E-state index in [-0.39, 0.29) is 11.4 Å². The second-order valence-electron chi connectivity index (χ2n) is 12.8. The van der Waals surface area contributed by atoms with E-state index >= 15 is 0 Å². The minimum Gasteiger partial charge on any atom is -0.354 e. The zero-order valence-electron chi connectivity index (χ0n) is 28.4. The average Bonchev–Trinajstić information content (AvgIpc) is 4.04. The molecule has 8 bridgehead atoms. The number of fused-ring (bicyclic) bond motifs is 8. The van der Waals surface area contributed by atoms with Crippen molar-refractivity contribution < 1.29 is 9.85 Å². The molecule has 54 heavy (non-hydrogen) atoms. The number of aromatic nitrogens is 4. The smallest absolute Gasteiger partial charge is 0.269 e. The highest BCUT2D eigenvalue weighted by Crippen LogP contribution is 2.38. The van der Waals surface area contributed by atoms with Crippen LogP contribution in [0.1, 0.15) is 22.8 Å². The van der Waals surface area contributed by atoms with E-state index in [1.165, 1.54) is 24.3 Å². The summed E-state index contributed by atoms with van der Waals surface area (Å²) in [6, 6.07) is 41.1. The van der Waals surface area contributed by atoms with E-state index in [0.717, 1.165) is 78.0 Å². The average molecular weight is 705 g/mol. The van der Waals surface area contributed by atoms with Crippen molar-refractivity contribution in [2.24, 2.45) is 0 Å². The molecular formula is C44H28N6O4. The minimum atomic E-state index is -0.419. The van der Waals surface area contributed by atoms with Crippen LogP contribution in [0, 0.1) is 20.2 Å². The van der Waals surface area contributed by atoms with Gasteiger partial charge in [-0.25, -0.2) is 9.97 Å². The van der Waals surface area contributed by atoms with Crippen molar-refractivity contribution in [3.05, 3.63) is 176 Å². The van der Waals surface area contributed by atoms with Gasteiger partial charge in [0.25, 0.3) is 11.4 Å². The van der Waals surface area contributed by atoms with Crippen molar-refractivity contribution in [3.63, 3.8) is 0 Å². The Labute approximate surface area is 307 Å². The molecule has 2 aliphatic heterocycles. The zero-order chi connectivity index (χ0) is 36.8. The predicted molar refractivity (Wildman–Crippen MR) is 214 cm³/mol. The molecule has 258 valence electrons. The molecule has 2 aliphatic rings. The maximum atomic E-state index is 11.6. The first-order valence-electron chi connectivity index (χ1n) is 17.2. The highest BCUT2D eigenvalue weighted by Gasteiger charge is 2.19. The highest BCUT2D eigenvalue weighted by molar-refractivity contribution is 5.99. The van der Waals surface area contributed by atoms with Gasteiger partial charge in [-0.3, -0.25) is 20.2 Å². The van der Waals surface area contributed by atoms with Gasteiger partial charge in [0.05, 0.1) is 32.6 Å². The molecule has 0 amide bonds. The van der Waals surface area contributed by atoms with Gasteiger partial charge in [-0.05, 0) is 95.1 Å². The molecule has 5 heterocycles. The number of nitrogens with one attached hydrogen (secondary N) is 2. The number of hydrogen-bond donors (Lipinski definition) is 2. The summed E-state index contributed by atoms with van der Waals surface area (Å²) in [6.07, 6.45) is 7.91. The monoisotopic (exact) mass is 704 g/mol. The van der Waals surface area contributed by atoms with Crippen LogP contribution < -0.4 is 0 Å². The topological polar surface area (TPSA) is 144 Å². The molecule has 0 aliphatic carbocycles. The van der Waals surface area contributed by atoms with Crippen LogP contribution >= 0.6 is 0 Å². The second-order valence-corrected chi connectivity index (χ2v) is 12.8. The summed E-state index contributed by atoms with van der Waals surface area (Å²) in [7, 11) is 0. The van der Waals surface area contributed by atoms with Gasteiger partial charge in [0.2, 0.25) is 0 Å². The molecule has 0 saturated carbocycles. The summed E-state index contributed by atoms with van der Waals surface area (Å²) in [5.41, 5.74) is 12.7. The van der Waals surface area contributed by atoms with E-state index in [9.17, 15) is 20.2 Å². The lowest BCUT2D eigenvalue weighted by atomic mass is 10.0. The molecule has 4 aromatic carbocycles. The number of non-ortho nitro benzene ring substituents is 2. The first kappa shape index (κ1) is 32.2. The first-order chi connectivity index (χ1) is 26.4. The first-order valence-corrected chi connectivity index (χ1v) is 17.2. The van der Waals surface area contributed by atoms with Crippen molar-refractivity contribution in [1.82, 2.24) is 19.9 Å². The number of nitro groups is 2. The van der Waals surface area contributed by atoms with E-state index in [2.05, 4.69) is 46.4 Å². The Morgan fingerprint density at radius 2 is 0.648 bits per heavy atom. The van der Waals surface area contributed by atoms with Crippen LogP contribution in [-0.2, 0) is 0 Å². The maximum Gasteiger partial charge on any atom is 0.269 e. The van der Waals surface area contributed by atoms with E-state index < -0.39 is 9.85 Å². The van der Waals surface area contributed by atoms with Crippen LogP contribution in [0.2, 0.25) is 0 Å². The molecular weight excluding hydrogens is 677 g/mol. The molecule has 0 unspecified atom stereocenters. The Morgan fingerprint density at radius 3 is 0.926 bits per heavy atom. The third kappa shape index (κ3) is 5.73. The molecule has 10 nitrogen and oxygen atoms in total. The van der Waals surface area contributed by atoms with E-state index in [1.807, 2.05) is 72.8 Å². The lowest BCUT2D eigenvalue weighted by Crippen LogP contribution is -1.91. The Balaban J connectivity index is 1.45. The Morgan fingerprint density at radius 1 is 0.370 bits per heavy atom. The quantitative estimate of drug-likeness (QED) is 0.130. The Bertz CT molecular complexity index is 2660. The van der Waals surface area contributed by atoms with Crippen LogP contribution in [0.25, 0.3) is 90.9 Å². The molecule has 2 N–H and O–H groups in total. The normalized spacial score (nSPS) is 11.9. The van der Waals surface area contributed by atoms with E-state index in [4.69, 9.17) is 9.97 Å². The van der Waals surface area contributed by atoms with Gasteiger partial charge in [0.1, 0.15) is 0 Å². The minimum absolute atomic E-state index is 0.0170. The predicted octanol–water partition coefficient (Wildman–Crippen LogP) is 11.1. The van der Waals surface area contributed by atoms with Crippen LogP contribution in [-0.4, -0.2) is 29.8 Å². The third-order valence-corrected chi connectivity index (χ3v) is 9.61. The molecule has 7 aromatic rings. The summed E-state index contributed by atoms with van der Waals surface area (Å²) in [5, 5.41) is 23.2. The lowest BCUT2D eigenvalue weighted by molar-refractivity contribution is -0.385. The fourth-order valence-electron chi connectivity index (χ4n) is 7.13. The van der Waals surface area contributed by atoms with Gasteiger partial charge in [0, 0.05) is 68.6 Å². The summed E-state index contributed by atoms with van der Waals surface area (Å²) in [6.45, 7) is 0. The van der Waals surface area contributed by atoms with Crippen LogP contribution in [0.4, 0.5) is 11.4 Å². The van der Waals surface area contributed by atoms with Crippen molar-refractivity contribution in [2.75, 3.05) is 0 Å². The molecule has 3 aromatic heterocycles. The van der Waals surface area contributed by atoms with Crippen LogP contribution in [0.15, 0.2) is 133 Å². The maximum absolute atomic E-state index is 11.6. The van der Waals surface area contributed by atoms with Crippen molar-refractivity contribution >= 4 is 57.7 Å². The number of hydrogen-bond acceptors (Lipinski definition) is 6. The number of aromatic amines is 2. The number of H-pyrrole nitrogens is 2. The van der Waals surface area contributed by atoms with Gasteiger partial charge in [0.15, 0.2) is 0 Å². The van der Waals surface area contributed by atoms with Gasteiger partial charge in [-0.1, -0.05) is 60.7 Å². The SMILES string of the molecule is O=[N+]([O-])c1ccc(-c2c3nc(c(-c4ccccc4)c4ccc([nH]4)c(-c4ccccc4)c4nc(c(-c5ccc([N+](=O)[O-])cc5)c5ccc2[nH]5)C=C4)C=C3)cc1. The van der Waals surface area contributed by atoms with Crippen molar-refractivity contribution in [2.45, 2.75) is 0 Å². The van der Waals surface area contributed by atoms with E-state index in [0.29, 0.717) is 11.4 Å². The van der Waals surface area contributed by atoms with Gasteiger partial charge in [-0.2, -0.15) is 0 Å². The van der Waals surface area contributed by atoms with Crippen LogP contribution in [0.3, 0.4) is 0 Å². The van der Waals surface area contributed by atoms with Crippen molar-refractivity contribution in [3.8, 4) is 44.5 Å². The molecule has 0 saturated heterocycles. The Kier molecular flexibility index (Phi) is 7.82. The molecule has 0 atom stereocenters. The number of rotatable bonds is 6. The number of nitro benzene ring substituents is 2. The molecule has 0 spiro atoms. The molecule has 10 heteroatoms. The van der Waals surface area contributed by atoms with Crippen LogP contribution in [0.5, 0.6) is 0 Å². The second kappa shape index (κ2) is 13.1. The zero-order valence-corrected chi connectivity index (χ0v) is 28.4. The summed E-state index contributed by atoms with van der Waals surface area (Å²) in [4.78, 5) is 40.1. The third-order valence-electron chi connectivity index (χ3n) is 9.61. The molecule has 0 radical (unpaired) electrons. The lowest BCUT2D eigenvalue weighted by Gasteiger charge is -2.07. The summed E-state index contributed by atoms with van der Waals surface area (Å²) >= 11 is 0. The van der Waals surface area contributed by atoms with E-state index in [1.54, 1.807) is 24.3 Å². The summed E-state index contributed by atoms with van der Waals surface area (Å²) < 4.78 is 0. The van der Waals surface area contributed by atoms with Gasteiger partial charge in [-0.15, -0.1) is 0 Å².